The number of aliphatic hydroxyl groups excluding tert-OH is 2. The molecule has 100 valence electrons. The molecule has 0 aliphatic carbocycles. The molecule has 8 heteroatoms. The quantitative estimate of drug-likeness (QED) is 0.616. The summed E-state index contributed by atoms with van der Waals surface area (Å²) in [6.07, 6.45) is 0. The number of anilines is 2. The zero-order valence-electron chi connectivity index (χ0n) is 9.54. The molecule has 4 N–H and O–H groups in total. The molecule has 0 fully saturated rings. The molecule has 1 aromatic carbocycles. The number of rotatable bonds is 5. The van der Waals surface area contributed by atoms with Crippen molar-refractivity contribution in [1.82, 2.24) is 0 Å². The Morgan fingerprint density at radius 2 is 1.78 bits per heavy atom. The van der Waals surface area contributed by atoms with E-state index in [1.165, 1.54) is 0 Å². The van der Waals surface area contributed by atoms with Crippen molar-refractivity contribution >= 4 is 22.7 Å². The van der Waals surface area contributed by atoms with Crippen LogP contribution < -0.4 is 19.0 Å². The van der Waals surface area contributed by atoms with Gasteiger partial charge < -0.3 is 29.2 Å². The van der Waals surface area contributed by atoms with Crippen LogP contribution in [-0.4, -0.2) is 40.7 Å². The van der Waals surface area contributed by atoms with Crippen LogP contribution in [0.4, 0.5) is 11.4 Å². The summed E-state index contributed by atoms with van der Waals surface area (Å²) in [6.45, 7) is 0.464. The van der Waals surface area contributed by atoms with Crippen LogP contribution in [0.2, 0.25) is 0 Å². The number of fused-ring (bicyclic) bond motifs is 1. The monoisotopic (exact) mass is 274 g/mol. The van der Waals surface area contributed by atoms with Crippen molar-refractivity contribution in [2.75, 3.05) is 36.9 Å². The van der Waals surface area contributed by atoms with Crippen molar-refractivity contribution in [3.05, 3.63) is 12.1 Å². The Labute approximate surface area is 107 Å². The average Bonchev–Trinajstić information content (AvgIpc) is 2.72. The highest BCUT2D eigenvalue weighted by Gasteiger charge is 2.29. The Morgan fingerprint density at radius 3 is 2.39 bits per heavy atom. The number of nitrogen functional groups attached to an aromatic ring is 1. The lowest BCUT2D eigenvalue weighted by Gasteiger charge is -2.23. The maximum atomic E-state index is 11.2. The fraction of sp³-hybridized carbons (Fsp3) is 0.400. The first-order valence-electron chi connectivity index (χ1n) is 5.35. The van der Waals surface area contributed by atoms with E-state index >= 15 is 0 Å². The van der Waals surface area contributed by atoms with E-state index in [0.29, 0.717) is 24.5 Å². The zero-order chi connectivity index (χ0) is 13.1. The molecular formula is C10H14N2O5S. The zero-order valence-corrected chi connectivity index (χ0v) is 10.4. The molecule has 18 heavy (non-hydrogen) atoms. The standard InChI is InChI=1S/C10H14N2O5S/c11-7-1-2-8(12(3-5-13)4-6-14)10-9(7)16-18(15)17-10/h1-2,13-14H,3-6,11H2. The van der Waals surface area contributed by atoms with Crippen molar-refractivity contribution in [1.29, 1.82) is 0 Å². The summed E-state index contributed by atoms with van der Waals surface area (Å²) in [4.78, 5) is 1.70. The lowest BCUT2D eigenvalue weighted by molar-refractivity contribution is 0.281. The van der Waals surface area contributed by atoms with E-state index in [0.717, 1.165) is 0 Å². The summed E-state index contributed by atoms with van der Waals surface area (Å²) >= 11 is -1.90. The fourth-order valence-electron chi connectivity index (χ4n) is 1.73. The van der Waals surface area contributed by atoms with Gasteiger partial charge in [0, 0.05) is 13.1 Å². The summed E-state index contributed by atoms with van der Waals surface area (Å²) in [5.74, 6) is 0.502. The number of hydrogen-bond donors (Lipinski definition) is 3. The molecule has 2 rings (SSSR count). The van der Waals surface area contributed by atoms with Crippen LogP contribution in [0.5, 0.6) is 11.5 Å². The smallest absolute Gasteiger partial charge is 0.396 e. The SMILES string of the molecule is Nc1ccc(N(CCO)CCO)c2c1OS(=O)O2. The number of nitrogens with zero attached hydrogens (tertiary/aromatic N) is 1. The Morgan fingerprint density at radius 1 is 1.17 bits per heavy atom. The van der Waals surface area contributed by atoms with Gasteiger partial charge in [-0.1, -0.05) is 0 Å². The van der Waals surface area contributed by atoms with Gasteiger partial charge >= 0.3 is 11.4 Å². The summed E-state index contributed by atoms with van der Waals surface area (Å²) in [5, 5.41) is 18.0. The van der Waals surface area contributed by atoms with Crippen LogP contribution in [0.25, 0.3) is 0 Å². The lowest BCUT2D eigenvalue weighted by Crippen LogP contribution is -2.29. The molecule has 7 nitrogen and oxygen atoms in total. The van der Waals surface area contributed by atoms with Gasteiger partial charge in [0.2, 0.25) is 11.5 Å². The van der Waals surface area contributed by atoms with Crippen molar-refractivity contribution < 1.29 is 22.8 Å². The van der Waals surface area contributed by atoms with E-state index in [2.05, 4.69) is 0 Å². The Hall–Kier alpha value is -1.51. The Bertz CT molecular complexity index is 462. The van der Waals surface area contributed by atoms with Gasteiger partial charge in [0.1, 0.15) is 0 Å². The van der Waals surface area contributed by atoms with Gasteiger partial charge in [0.05, 0.1) is 24.6 Å². The largest absolute Gasteiger partial charge is 0.418 e. The topological polar surface area (TPSA) is 105 Å². The first-order valence-corrected chi connectivity index (χ1v) is 6.35. The Kier molecular flexibility index (Phi) is 3.90. The molecule has 0 bridgehead atoms. The van der Waals surface area contributed by atoms with Crippen molar-refractivity contribution in [2.24, 2.45) is 0 Å². The summed E-state index contributed by atoms with van der Waals surface area (Å²) < 4.78 is 21.3. The summed E-state index contributed by atoms with van der Waals surface area (Å²) in [5.41, 5.74) is 6.60. The van der Waals surface area contributed by atoms with Crippen LogP contribution in [0.3, 0.4) is 0 Å². The third-order valence-corrected chi connectivity index (χ3v) is 3.11. The predicted octanol–water partition coefficient (Wildman–Crippen LogP) is -0.590. The minimum Gasteiger partial charge on any atom is -0.396 e. The second-order valence-electron chi connectivity index (χ2n) is 3.64. The van der Waals surface area contributed by atoms with Crippen LogP contribution >= 0.6 is 0 Å². The molecule has 1 aliphatic heterocycles. The number of nitrogens with two attached hydrogens (primary N) is 1. The van der Waals surface area contributed by atoms with Crippen molar-refractivity contribution in [3.8, 4) is 11.5 Å². The van der Waals surface area contributed by atoms with Gasteiger partial charge in [-0.25, -0.2) is 0 Å². The maximum absolute atomic E-state index is 11.2. The molecule has 1 unspecified atom stereocenters. The first kappa shape index (κ1) is 12.9. The maximum Gasteiger partial charge on any atom is 0.418 e. The first-order chi connectivity index (χ1) is 8.67. The van der Waals surface area contributed by atoms with Crippen LogP contribution in [0, 0.1) is 0 Å². The van der Waals surface area contributed by atoms with Gasteiger partial charge in [-0.3, -0.25) is 0 Å². The molecule has 0 aromatic heterocycles. The highest BCUT2D eigenvalue weighted by molar-refractivity contribution is 7.76. The molecule has 1 aromatic rings. The minimum atomic E-state index is -1.90. The van der Waals surface area contributed by atoms with Crippen LogP contribution in [0.15, 0.2) is 12.1 Å². The molecule has 1 heterocycles. The third kappa shape index (κ3) is 2.35. The van der Waals surface area contributed by atoms with E-state index in [9.17, 15) is 4.21 Å². The van der Waals surface area contributed by atoms with E-state index in [-0.39, 0.29) is 24.7 Å². The molecule has 0 spiro atoms. The van der Waals surface area contributed by atoms with Crippen LogP contribution in [-0.2, 0) is 11.4 Å². The van der Waals surface area contributed by atoms with E-state index < -0.39 is 11.4 Å². The van der Waals surface area contributed by atoms with Crippen molar-refractivity contribution in [2.45, 2.75) is 0 Å². The molecular weight excluding hydrogens is 260 g/mol. The highest BCUT2D eigenvalue weighted by atomic mass is 32.2. The third-order valence-electron chi connectivity index (χ3n) is 2.51. The molecule has 1 aliphatic rings. The molecule has 1 atom stereocenters. The molecule has 0 saturated heterocycles. The van der Waals surface area contributed by atoms with E-state index in [4.69, 9.17) is 24.3 Å². The fourth-order valence-corrected chi connectivity index (χ4v) is 2.37. The predicted molar refractivity (Wildman–Crippen MR) is 66.6 cm³/mol. The van der Waals surface area contributed by atoms with Gasteiger partial charge in [-0.05, 0) is 12.1 Å². The Balaban J connectivity index is 2.39. The summed E-state index contributed by atoms with van der Waals surface area (Å²) in [6, 6.07) is 3.27. The summed E-state index contributed by atoms with van der Waals surface area (Å²) in [7, 11) is 0. The number of benzene rings is 1. The van der Waals surface area contributed by atoms with E-state index in [1.54, 1.807) is 17.0 Å². The minimum absolute atomic E-state index is 0.0803. The molecule has 0 radical (unpaired) electrons. The second-order valence-corrected chi connectivity index (χ2v) is 4.38. The van der Waals surface area contributed by atoms with E-state index in [1.807, 2.05) is 0 Å². The van der Waals surface area contributed by atoms with Crippen LogP contribution in [0.1, 0.15) is 0 Å². The average molecular weight is 274 g/mol. The molecule has 0 amide bonds. The molecule has 0 saturated carbocycles. The number of aliphatic hydroxyl groups is 2. The number of hydrogen-bond acceptors (Lipinski definition) is 7. The van der Waals surface area contributed by atoms with Gasteiger partial charge in [0.15, 0.2) is 0 Å². The highest BCUT2D eigenvalue weighted by Crippen LogP contribution is 2.46. The van der Waals surface area contributed by atoms with Gasteiger partial charge in [0.25, 0.3) is 0 Å². The normalized spacial score (nSPS) is 16.9. The van der Waals surface area contributed by atoms with Crippen molar-refractivity contribution in [3.63, 3.8) is 0 Å². The van der Waals surface area contributed by atoms with Gasteiger partial charge in [-0.15, -0.1) is 0 Å². The van der Waals surface area contributed by atoms with Gasteiger partial charge in [-0.2, -0.15) is 4.21 Å². The lowest BCUT2D eigenvalue weighted by atomic mass is 10.2. The second kappa shape index (κ2) is 5.42.